The molecule has 2 aromatic rings. The van der Waals surface area contributed by atoms with Gasteiger partial charge in [-0.3, -0.25) is 4.79 Å². The van der Waals surface area contributed by atoms with Crippen molar-refractivity contribution in [3.8, 4) is 17.2 Å². The molecule has 26 heavy (non-hydrogen) atoms. The molecule has 1 heterocycles. The van der Waals surface area contributed by atoms with E-state index in [4.69, 9.17) is 14.2 Å². The fraction of sp³-hybridized carbons (Fsp3) is 0.381. The number of carbonyl (C=O) groups excluding carboxylic acids is 1. The second-order valence-electron chi connectivity index (χ2n) is 7.28. The highest BCUT2D eigenvalue weighted by molar-refractivity contribution is 5.91. The van der Waals surface area contributed by atoms with Gasteiger partial charge in [-0.1, -0.05) is 32.9 Å². The smallest absolute Gasteiger partial charge is 0.227 e. The van der Waals surface area contributed by atoms with Crippen LogP contribution in [0.15, 0.2) is 42.5 Å². The average Bonchev–Trinajstić information content (AvgIpc) is 2.61. The first-order valence-electron chi connectivity index (χ1n) is 8.85. The number of carbonyl (C=O) groups is 1. The van der Waals surface area contributed by atoms with Gasteiger partial charge in [0.2, 0.25) is 5.91 Å². The predicted octanol–water partition coefficient (Wildman–Crippen LogP) is 4.16. The maximum Gasteiger partial charge on any atom is 0.227 e. The number of hydrogen-bond acceptors (Lipinski definition) is 4. The van der Waals surface area contributed by atoms with Gasteiger partial charge in [-0.25, -0.2) is 0 Å². The Labute approximate surface area is 154 Å². The quantitative estimate of drug-likeness (QED) is 0.875. The van der Waals surface area contributed by atoms with E-state index in [1.54, 1.807) is 18.2 Å². The highest BCUT2D eigenvalue weighted by Crippen LogP contribution is 2.32. The molecular formula is C21H25NO4. The lowest BCUT2D eigenvalue weighted by atomic mass is 9.87. The van der Waals surface area contributed by atoms with E-state index in [2.05, 4.69) is 38.2 Å². The van der Waals surface area contributed by atoms with E-state index in [0.717, 1.165) is 5.75 Å². The van der Waals surface area contributed by atoms with Crippen molar-refractivity contribution in [3.63, 3.8) is 0 Å². The molecule has 0 spiro atoms. The van der Waals surface area contributed by atoms with Gasteiger partial charge in [0.05, 0.1) is 13.0 Å². The van der Waals surface area contributed by atoms with Crippen molar-refractivity contribution in [2.45, 2.75) is 32.6 Å². The second-order valence-corrected chi connectivity index (χ2v) is 7.28. The number of nitrogens with one attached hydrogen (secondary N) is 1. The molecule has 5 nitrogen and oxygen atoms in total. The van der Waals surface area contributed by atoms with Crippen molar-refractivity contribution in [1.82, 2.24) is 0 Å². The molecule has 0 saturated heterocycles. The topological polar surface area (TPSA) is 56.8 Å². The summed E-state index contributed by atoms with van der Waals surface area (Å²) in [5.41, 5.74) is 2.05. The molecule has 0 unspecified atom stereocenters. The van der Waals surface area contributed by atoms with Crippen LogP contribution in [0.25, 0.3) is 0 Å². The van der Waals surface area contributed by atoms with E-state index < -0.39 is 0 Å². The molecule has 1 amide bonds. The molecule has 0 bridgehead atoms. The largest absolute Gasteiger partial charge is 0.493 e. The highest BCUT2D eigenvalue weighted by atomic mass is 16.6. The van der Waals surface area contributed by atoms with Gasteiger partial charge >= 0.3 is 0 Å². The fourth-order valence-electron chi connectivity index (χ4n) is 2.66. The minimum absolute atomic E-state index is 0.104. The molecule has 0 aromatic heterocycles. The van der Waals surface area contributed by atoms with Crippen LogP contribution in [0.4, 0.5) is 5.69 Å². The maximum atomic E-state index is 12.1. The second kappa shape index (κ2) is 7.68. The molecule has 3 rings (SSSR count). The first-order valence-corrected chi connectivity index (χ1v) is 8.85. The van der Waals surface area contributed by atoms with Gasteiger partial charge in [-0.2, -0.15) is 0 Å². The van der Waals surface area contributed by atoms with Crippen molar-refractivity contribution in [1.29, 1.82) is 0 Å². The Bertz CT molecular complexity index is 763. The summed E-state index contributed by atoms with van der Waals surface area (Å²) in [7, 11) is 0. The van der Waals surface area contributed by atoms with E-state index in [0.29, 0.717) is 37.0 Å². The van der Waals surface area contributed by atoms with Crippen molar-refractivity contribution in [2.24, 2.45) is 0 Å². The Hall–Kier alpha value is -2.69. The Morgan fingerprint density at radius 3 is 2.42 bits per heavy atom. The Morgan fingerprint density at radius 2 is 1.73 bits per heavy atom. The van der Waals surface area contributed by atoms with Crippen molar-refractivity contribution in [3.05, 3.63) is 48.0 Å². The minimum Gasteiger partial charge on any atom is -0.493 e. The molecule has 0 aliphatic carbocycles. The number of ether oxygens (including phenoxy) is 3. The van der Waals surface area contributed by atoms with Crippen LogP contribution in [0.5, 0.6) is 17.2 Å². The van der Waals surface area contributed by atoms with E-state index in [9.17, 15) is 4.79 Å². The number of benzene rings is 2. The lowest BCUT2D eigenvalue weighted by Gasteiger charge is -2.19. The molecule has 0 fully saturated rings. The van der Waals surface area contributed by atoms with Crippen LogP contribution in [-0.4, -0.2) is 25.7 Å². The van der Waals surface area contributed by atoms with Crippen molar-refractivity contribution >= 4 is 11.6 Å². The summed E-state index contributed by atoms with van der Waals surface area (Å²) in [5.74, 6) is 2.03. The van der Waals surface area contributed by atoms with E-state index in [-0.39, 0.29) is 17.7 Å². The van der Waals surface area contributed by atoms with Crippen LogP contribution < -0.4 is 19.5 Å². The summed E-state index contributed by atoms with van der Waals surface area (Å²) >= 11 is 0. The summed E-state index contributed by atoms with van der Waals surface area (Å²) in [6.07, 6.45) is 0.273. The molecule has 1 aliphatic heterocycles. The molecule has 0 saturated carbocycles. The SMILES string of the molecule is CC(C)(C)c1ccc(OCCC(=O)Nc2ccc3c(c2)OCCO3)cc1. The van der Waals surface area contributed by atoms with Crippen LogP contribution >= 0.6 is 0 Å². The van der Waals surface area contributed by atoms with Gasteiger partial charge in [0.1, 0.15) is 19.0 Å². The standard InChI is InChI=1S/C21H25NO4/c1-21(2,3)15-4-7-17(8-5-15)24-11-10-20(23)22-16-6-9-18-19(14-16)26-13-12-25-18/h4-9,14H,10-13H2,1-3H3,(H,22,23). The molecule has 1 aliphatic rings. The monoisotopic (exact) mass is 355 g/mol. The summed E-state index contributed by atoms with van der Waals surface area (Å²) < 4.78 is 16.7. The van der Waals surface area contributed by atoms with Gasteiger partial charge in [0.25, 0.3) is 0 Å². The molecule has 1 N–H and O–H groups in total. The summed E-state index contributed by atoms with van der Waals surface area (Å²) in [4.78, 5) is 12.1. The first-order chi connectivity index (χ1) is 12.4. The molecule has 138 valence electrons. The van der Waals surface area contributed by atoms with Gasteiger partial charge < -0.3 is 19.5 Å². The molecule has 5 heteroatoms. The molecular weight excluding hydrogens is 330 g/mol. The number of amides is 1. The van der Waals surface area contributed by atoms with Crippen LogP contribution in [0.3, 0.4) is 0 Å². The summed E-state index contributed by atoms with van der Waals surface area (Å²) in [5, 5.41) is 2.85. The Balaban J connectivity index is 1.47. The van der Waals surface area contributed by atoms with Gasteiger partial charge in [0.15, 0.2) is 11.5 Å². The number of fused-ring (bicyclic) bond motifs is 1. The minimum atomic E-state index is -0.104. The van der Waals surface area contributed by atoms with Crippen LogP contribution in [-0.2, 0) is 10.2 Å². The first kappa shape index (κ1) is 18.1. The van der Waals surface area contributed by atoms with E-state index in [1.807, 2.05) is 12.1 Å². The zero-order valence-corrected chi connectivity index (χ0v) is 15.5. The van der Waals surface area contributed by atoms with Crippen molar-refractivity contribution in [2.75, 3.05) is 25.1 Å². The molecule has 2 aromatic carbocycles. The average molecular weight is 355 g/mol. The van der Waals surface area contributed by atoms with E-state index in [1.165, 1.54) is 5.56 Å². The van der Waals surface area contributed by atoms with Crippen LogP contribution in [0.1, 0.15) is 32.8 Å². The molecule has 0 atom stereocenters. The van der Waals surface area contributed by atoms with Crippen LogP contribution in [0.2, 0.25) is 0 Å². The Morgan fingerprint density at radius 1 is 1.04 bits per heavy atom. The van der Waals surface area contributed by atoms with Gasteiger partial charge in [-0.05, 0) is 35.2 Å². The third kappa shape index (κ3) is 4.69. The molecule has 0 radical (unpaired) electrons. The lowest BCUT2D eigenvalue weighted by Crippen LogP contribution is -2.17. The zero-order valence-electron chi connectivity index (χ0n) is 15.5. The number of rotatable bonds is 5. The van der Waals surface area contributed by atoms with E-state index >= 15 is 0 Å². The fourth-order valence-corrected chi connectivity index (χ4v) is 2.66. The predicted molar refractivity (Wildman–Crippen MR) is 101 cm³/mol. The zero-order chi connectivity index (χ0) is 18.6. The number of hydrogen-bond donors (Lipinski definition) is 1. The van der Waals surface area contributed by atoms with Crippen LogP contribution in [0, 0.1) is 0 Å². The summed E-state index contributed by atoms with van der Waals surface area (Å²) in [6.45, 7) is 7.91. The maximum absolute atomic E-state index is 12.1. The lowest BCUT2D eigenvalue weighted by molar-refractivity contribution is -0.116. The third-order valence-corrected chi connectivity index (χ3v) is 4.14. The summed E-state index contributed by atoms with van der Waals surface area (Å²) in [6, 6.07) is 13.4. The van der Waals surface area contributed by atoms with Gasteiger partial charge in [0, 0.05) is 11.8 Å². The van der Waals surface area contributed by atoms with Crippen molar-refractivity contribution < 1.29 is 19.0 Å². The van der Waals surface area contributed by atoms with Gasteiger partial charge in [-0.15, -0.1) is 0 Å². The number of anilines is 1. The normalized spacial score (nSPS) is 13.2. The Kier molecular flexibility index (Phi) is 5.35. The third-order valence-electron chi connectivity index (χ3n) is 4.14. The highest BCUT2D eigenvalue weighted by Gasteiger charge is 2.14.